The summed E-state index contributed by atoms with van der Waals surface area (Å²) in [5, 5.41) is 6.45. The first-order chi connectivity index (χ1) is 4.93. The fraction of sp³-hybridized carbons (Fsp3) is 0.500. The van der Waals surface area contributed by atoms with Crippen LogP contribution in [0.3, 0.4) is 0 Å². The molecule has 0 unspecified atom stereocenters. The van der Waals surface area contributed by atoms with E-state index in [4.69, 9.17) is 0 Å². The third kappa shape index (κ3) is 2.60. The highest BCUT2D eigenvalue weighted by Gasteiger charge is 2.11. The smallest absolute Gasteiger partial charge is 0.267 e. The Morgan fingerprint density at radius 1 is 1.40 bits per heavy atom. The van der Waals surface area contributed by atoms with Crippen molar-refractivity contribution in [2.75, 3.05) is 6.54 Å². The Morgan fingerprint density at radius 3 is 2.70 bits per heavy atom. The summed E-state index contributed by atoms with van der Waals surface area (Å²) in [6.45, 7) is 4.78. The number of rotatable bonds is 3. The van der Waals surface area contributed by atoms with Crippen LogP contribution in [0.1, 0.15) is 6.42 Å². The SMILES string of the molecule is C=CCCN1BNBNB1. The fourth-order valence-electron chi connectivity index (χ4n) is 1.00. The molecular formula is C4H12B3N3. The third-order valence-corrected chi connectivity index (χ3v) is 1.57. The van der Waals surface area contributed by atoms with Crippen LogP contribution in [0.15, 0.2) is 12.7 Å². The van der Waals surface area contributed by atoms with Gasteiger partial charge in [-0.05, 0) is 13.0 Å². The maximum Gasteiger partial charge on any atom is 0.267 e. The summed E-state index contributed by atoms with van der Waals surface area (Å²) in [5.41, 5.74) is 0. The number of hydrogen-bond donors (Lipinski definition) is 2. The molecule has 1 fully saturated rings. The van der Waals surface area contributed by atoms with Gasteiger partial charge in [0, 0.05) is 0 Å². The Hall–Kier alpha value is -0.185. The molecule has 3 nitrogen and oxygen atoms in total. The van der Waals surface area contributed by atoms with Crippen LogP contribution in [0.5, 0.6) is 0 Å². The minimum Gasteiger partial charge on any atom is -0.377 e. The van der Waals surface area contributed by atoms with Gasteiger partial charge in [-0.1, -0.05) is 6.08 Å². The van der Waals surface area contributed by atoms with Gasteiger partial charge < -0.3 is 15.0 Å². The summed E-state index contributed by atoms with van der Waals surface area (Å²) in [6, 6.07) is 0. The zero-order chi connectivity index (χ0) is 7.23. The molecule has 0 spiro atoms. The van der Waals surface area contributed by atoms with Gasteiger partial charge >= 0.3 is 0 Å². The lowest BCUT2D eigenvalue weighted by atomic mass is 9.81. The number of nitrogens with one attached hydrogen (secondary N) is 2. The monoisotopic (exact) mass is 135 g/mol. The first-order valence-corrected chi connectivity index (χ1v) is 3.68. The molecule has 0 saturated carbocycles. The van der Waals surface area contributed by atoms with Gasteiger partial charge in [-0.2, -0.15) is 0 Å². The molecule has 1 aliphatic rings. The molecule has 0 aromatic carbocycles. The first kappa shape index (κ1) is 7.92. The van der Waals surface area contributed by atoms with Crippen LogP contribution in [-0.4, -0.2) is 33.9 Å². The zero-order valence-electron chi connectivity index (χ0n) is 6.27. The third-order valence-electron chi connectivity index (χ3n) is 1.57. The van der Waals surface area contributed by atoms with Gasteiger partial charge in [0.15, 0.2) is 0 Å². The average molecular weight is 135 g/mol. The lowest BCUT2D eigenvalue weighted by Crippen LogP contribution is -2.57. The van der Waals surface area contributed by atoms with Crippen LogP contribution >= 0.6 is 0 Å². The second kappa shape index (κ2) is 4.60. The zero-order valence-corrected chi connectivity index (χ0v) is 6.27. The molecule has 0 bridgehead atoms. The summed E-state index contributed by atoms with van der Waals surface area (Å²) in [5.74, 6) is 0. The molecule has 1 saturated heterocycles. The molecule has 2 N–H and O–H groups in total. The van der Waals surface area contributed by atoms with Crippen LogP contribution < -0.4 is 10.3 Å². The second-order valence-electron chi connectivity index (χ2n) is 2.46. The summed E-state index contributed by atoms with van der Waals surface area (Å²) >= 11 is 0. The molecule has 0 aliphatic carbocycles. The van der Waals surface area contributed by atoms with E-state index in [1.54, 1.807) is 0 Å². The van der Waals surface area contributed by atoms with Gasteiger partial charge in [-0.25, -0.2) is 0 Å². The first-order valence-electron chi connectivity index (χ1n) is 3.68. The minimum atomic E-state index is 0.935. The van der Waals surface area contributed by atoms with Crippen molar-refractivity contribution in [2.24, 2.45) is 0 Å². The second-order valence-corrected chi connectivity index (χ2v) is 2.46. The largest absolute Gasteiger partial charge is 0.377 e. The van der Waals surface area contributed by atoms with Crippen molar-refractivity contribution < 1.29 is 0 Å². The van der Waals surface area contributed by atoms with Gasteiger partial charge in [0.05, 0.1) is 0 Å². The van der Waals surface area contributed by atoms with E-state index >= 15 is 0 Å². The standard InChI is InChI=1S/C4H12B3N3/c1-2-3-4-10-6-8-5-9-7-10/h2,5-9H,1,3-4H2. The Bertz CT molecular complexity index is 104. The molecule has 0 atom stereocenters. The summed E-state index contributed by atoms with van der Waals surface area (Å²) in [7, 11) is 2.94. The van der Waals surface area contributed by atoms with Crippen molar-refractivity contribution in [3.63, 3.8) is 0 Å². The van der Waals surface area contributed by atoms with Crippen LogP contribution in [-0.2, 0) is 0 Å². The Balaban J connectivity index is 2.07. The average Bonchev–Trinajstić information content (AvgIpc) is 2.03. The molecule has 0 radical (unpaired) electrons. The lowest BCUT2D eigenvalue weighted by Gasteiger charge is -2.24. The van der Waals surface area contributed by atoms with Gasteiger partial charge in [0.1, 0.15) is 0 Å². The quantitative estimate of drug-likeness (QED) is 0.341. The van der Waals surface area contributed by atoms with E-state index in [0.717, 1.165) is 35.6 Å². The molecule has 0 aromatic rings. The Labute approximate surface area is 64.1 Å². The van der Waals surface area contributed by atoms with Gasteiger partial charge in [0.2, 0.25) is 0 Å². The van der Waals surface area contributed by atoms with Crippen molar-refractivity contribution in [1.82, 2.24) is 15.0 Å². The predicted octanol–water partition coefficient (Wildman–Crippen LogP) is -2.14. The summed E-state index contributed by atoms with van der Waals surface area (Å²) < 4.78 is 2.31. The maximum atomic E-state index is 3.68. The van der Waals surface area contributed by atoms with Gasteiger partial charge in [-0.15, -0.1) is 6.58 Å². The van der Waals surface area contributed by atoms with E-state index in [1.165, 1.54) is 0 Å². The normalized spacial score (nSPS) is 18.4. The summed E-state index contributed by atoms with van der Waals surface area (Å²) in [6.07, 6.45) is 3.03. The Kier molecular flexibility index (Phi) is 3.64. The van der Waals surface area contributed by atoms with Crippen LogP contribution in [0.2, 0.25) is 0 Å². The number of hydrogen-bond acceptors (Lipinski definition) is 3. The maximum absolute atomic E-state index is 3.68. The van der Waals surface area contributed by atoms with Crippen LogP contribution in [0, 0.1) is 0 Å². The van der Waals surface area contributed by atoms with E-state index in [2.05, 4.69) is 21.6 Å². The van der Waals surface area contributed by atoms with Crippen LogP contribution in [0.4, 0.5) is 0 Å². The molecule has 10 heavy (non-hydrogen) atoms. The highest BCUT2D eigenvalue weighted by Crippen LogP contribution is 1.86. The molecule has 0 amide bonds. The van der Waals surface area contributed by atoms with E-state index < -0.39 is 0 Å². The van der Waals surface area contributed by atoms with Crippen molar-refractivity contribution in [3.8, 4) is 0 Å². The molecule has 1 rings (SSSR count). The van der Waals surface area contributed by atoms with E-state index in [1.807, 2.05) is 6.08 Å². The van der Waals surface area contributed by atoms with E-state index in [9.17, 15) is 0 Å². The fourth-order valence-corrected chi connectivity index (χ4v) is 1.00. The highest BCUT2D eigenvalue weighted by atomic mass is 15.1. The van der Waals surface area contributed by atoms with Gasteiger partial charge in [0.25, 0.3) is 22.6 Å². The highest BCUT2D eigenvalue weighted by molar-refractivity contribution is 6.65. The van der Waals surface area contributed by atoms with Crippen molar-refractivity contribution in [2.45, 2.75) is 6.42 Å². The van der Waals surface area contributed by atoms with Gasteiger partial charge in [-0.3, -0.25) is 0 Å². The minimum absolute atomic E-state index is 0.935. The molecular weight excluding hydrogens is 123 g/mol. The van der Waals surface area contributed by atoms with Crippen molar-refractivity contribution in [1.29, 1.82) is 0 Å². The van der Waals surface area contributed by atoms with Crippen molar-refractivity contribution in [3.05, 3.63) is 12.7 Å². The van der Waals surface area contributed by atoms with E-state index in [-0.39, 0.29) is 0 Å². The van der Waals surface area contributed by atoms with Crippen molar-refractivity contribution >= 4 is 22.6 Å². The summed E-state index contributed by atoms with van der Waals surface area (Å²) in [4.78, 5) is 0. The lowest BCUT2D eigenvalue weighted by molar-refractivity contribution is 0.658. The molecule has 1 aliphatic heterocycles. The topological polar surface area (TPSA) is 27.3 Å². The molecule has 6 heteroatoms. The molecule has 52 valence electrons. The number of nitrogens with zero attached hydrogens (tertiary/aromatic N) is 1. The molecule has 0 aromatic heterocycles. The predicted molar refractivity (Wildman–Crippen MR) is 49.2 cm³/mol. The van der Waals surface area contributed by atoms with E-state index in [0.29, 0.717) is 0 Å². The van der Waals surface area contributed by atoms with Crippen LogP contribution in [0.25, 0.3) is 0 Å². The molecule has 1 heterocycles. The Morgan fingerprint density at radius 2 is 2.10 bits per heavy atom.